The topological polar surface area (TPSA) is 86.6 Å². The van der Waals surface area contributed by atoms with Gasteiger partial charge in [0.25, 0.3) is 0 Å². The van der Waals surface area contributed by atoms with E-state index in [4.69, 9.17) is 23.7 Å². The molecule has 0 aromatic carbocycles. The van der Waals surface area contributed by atoms with E-state index in [1.54, 1.807) is 13.8 Å². The van der Waals surface area contributed by atoms with Crippen LogP contribution in [0.2, 0.25) is 0 Å². The number of halogens is 1. The molecule has 2 fully saturated rings. The molecule has 118 valence electrons. The third-order valence-electron chi connectivity index (χ3n) is 4.11. The molecule has 7 nitrogen and oxygen atoms in total. The van der Waals surface area contributed by atoms with Gasteiger partial charge in [-0.15, -0.1) is 0 Å². The maximum Gasteiger partial charge on any atom is 0.228 e. The van der Waals surface area contributed by atoms with E-state index < -0.39 is 49.0 Å². The quantitative estimate of drug-likeness (QED) is 0.729. The van der Waals surface area contributed by atoms with Crippen LogP contribution in [0.3, 0.4) is 0 Å². The maximum absolute atomic E-state index is 13.6. The minimum absolute atomic E-state index is 0.471. The van der Waals surface area contributed by atoms with Crippen LogP contribution in [0.1, 0.15) is 13.8 Å². The van der Waals surface area contributed by atoms with E-state index >= 15 is 0 Å². The lowest BCUT2D eigenvalue weighted by Gasteiger charge is -2.55. The van der Waals surface area contributed by atoms with Crippen LogP contribution in [-0.2, 0) is 23.7 Å². The van der Waals surface area contributed by atoms with Crippen LogP contribution in [-0.4, -0.2) is 73.4 Å². The Morgan fingerprint density at radius 1 is 1.10 bits per heavy atom. The summed E-state index contributed by atoms with van der Waals surface area (Å²) in [5, 5.41) is 19.2. The highest BCUT2D eigenvalue weighted by Crippen LogP contribution is 2.43. The average molecular weight is 296 g/mol. The first-order valence-electron chi connectivity index (χ1n) is 6.36. The number of methoxy groups -OCH3 is 2. The van der Waals surface area contributed by atoms with E-state index in [0.717, 1.165) is 0 Å². The third-order valence-corrected chi connectivity index (χ3v) is 4.11. The summed E-state index contributed by atoms with van der Waals surface area (Å²) < 4.78 is 40.6. The zero-order valence-electron chi connectivity index (χ0n) is 11.9. The molecule has 0 spiro atoms. The van der Waals surface area contributed by atoms with Gasteiger partial charge in [0.1, 0.15) is 24.4 Å². The molecule has 2 heterocycles. The predicted molar refractivity (Wildman–Crippen MR) is 63.4 cm³/mol. The Balaban J connectivity index is 2.33. The number of ether oxygens (including phenoxy) is 5. The summed E-state index contributed by atoms with van der Waals surface area (Å²) >= 11 is 0. The monoisotopic (exact) mass is 296 g/mol. The van der Waals surface area contributed by atoms with Crippen molar-refractivity contribution >= 4 is 0 Å². The molecule has 8 heteroatoms. The van der Waals surface area contributed by atoms with Crippen molar-refractivity contribution in [2.75, 3.05) is 20.8 Å². The molecule has 0 amide bonds. The van der Waals surface area contributed by atoms with Gasteiger partial charge in [-0.3, -0.25) is 0 Å². The summed E-state index contributed by atoms with van der Waals surface area (Å²) in [6, 6.07) is 0. The molecule has 0 aromatic heterocycles. The van der Waals surface area contributed by atoms with E-state index in [-0.39, 0.29) is 0 Å². The molecular formula is C12H21FO7. The van der Waals surface area contributed by atoms with E-state index in [1.807, 2.05) is 0 Å². The zero-order valence-corrected chi connectivity index (χ0v) is 11.9. The molecule has 0 bridgehead atoms. The van der Waals surface area contributed by atoms with Crippen molar-refractivity contribution in [1.29, 1.82) is 0 Å². The second kappa shape index (κ2) is 5.45. The smallest absolute Gasteiger partial charge is 0.228 e. The SMILES string of the molecule is COC1(C)O[C@@H]2[C@@H](O)[C@@H](F)O[C@H](CO)[C@H]2OC1(C)OC. The van der Waals surface area contributed by atoms with E-state index in [2.05, 4.69) is 0 Å². The molecule has 0 aromatic rings. The van der Waals surface area contributed by atoms with Gasteiger partial charge in [0.15, 0.2) is 0 Å². The summed E-state index contributed by atoms with van der Waals surface area (Å²) in [7, 11) is 2.80. The lowest BCUT2D eigenvalue weighted by atomic mass is 9.94. The largest absolute Gasteiger partial charge is 0.394 e. The van der Waals surface area contributed by atoms with Gasteiger partial charge in [-0.05, 0) is 13.8 Å². The summed E-state index contributed by atoms with van der Waals surface area (Å²) in [5.41, 5.74) is 0. The highest BCUT2D eigenvalue weighted by molar-refractivity contribution is 4.99. The highest BCUT2D eigenvalue weighted by Gasteiger charge is 2.62. The van der Waals surface area contributed by atoms with Gasteiger partial charge in [-0.2, -0.15) is 0 Å². The molecule has 2 unspecified atom stereocenters. The fourth-order valence-corrected chi connectivity index (χ4v) is 2.51. The fourth-order valence-electron chi connectivity index (χ4n) is 2.51. The zero-order chi connectivity index (χ0) is 15.1. The van der Waals surface area contributed by atoms with Crippen LogP contribution in [0.15, 0.2) is 0 Å². The first-order chi connectivity index (χ1) is 9.31. The standard InChI is InChI=1S/C12H21FO7/c1-11(16-3)12(2,17-4)20-9-7(15)10(13)18-6(5-14)8(9)19-11/h6-10,14-15H,5H2,1-4H3/t6-,7-,8-,9-,10+,11?,12?/m1/s1. The Hall–Kier alpha value is -0.350. The molecule has 0 radical (unpaired) electrons. The van der Waals surface area contributed by atoms with Crippen molar-refractivity contribution in [3.05, 3.63) is 0 Å². The number of rotatable bonds is 3. The molecule has 0 saturated carbocycles. The molecule has 2 rings (SSSR count). The second-order valence-corrected chi connectivity index (χ2v) is 5.16. The average Bonchev–Trinajstić information content (AvgIpc) is 2.45. The summed E-state index contributed by atoms with van der Waals surface area (Å²) in [6.45, 7) is 2.69. The van der Waals surface area contributed by atoms with Crippen LogP contribution in [0.25, 0.3) is 0 Å². The Kier molecular flexibility index (Phi) is 4.37. The van der Waals surface area contributed by atoms with E-state index in [0.29, 0.717) is 0 Å². The van der Waals surface area contributed by atoms with Crippen LogP contribution >= 0.6 is 0 Å². The van der Waals surface area contributed by atoms with Gasteiger partial charge < -0.3 is 33.9 Å². The summed E-state index contributed by atoms with van der Waals surface area (Å²) in [5.74, 6) is -2.65. The first-order valence-corrected chi connectivity index (χ1v) is 6.36. The number of hydrogen-bond donors (Lipinski definition) is 2. The number of alkyl halides is 1. The minimum atomic E-state index is -1.97. The number of hydrogen-bond acceptors (Lipinski definition) is 7. The summed E-state index contributed by atoms with van der Waals surface area (Å²) in [4.78, 5) is 0. The Morgan fingerprint density at radius 3 is 2.05 bits per heavy atom. The number of aliphatic hydroxyl groups is 2. The molecule has 20 heavy (non-hydrogen) atoms. The van der Waals surface area contributed by atoms with Gasteiger partial charge in [0.2, 0.25) is 17.9 Å². The highest BCUT2D eigenvalue weighted by atomic mass is 19.1. The second-order valence-electron chi connectivity index (χ2n) is 5.16. The Labute approximate surface area is 116 Å². The summed E-state index contributed by atoms with van der Waals surface area (Å²) in [6.07, 6.45) is -6.39. The van der Waals surface area contributed by atoms with Gasteiger partial charge in [-0.25, -0.2) is 4.39 Å². The normalized spacial score (nSPS) is 52.6. The molecule has 7 atom stereocenters. The Bertz CT molecular complexity index is 339. The lowest BCUT2D eigenvalue weighted by Crippen LogP contribution is -2.72. The molecular weight excluding hydrogens is 275 g/mol. The molecule has 2 aliphatic rings. The van der Waals surface area contributed by atoms with Crippen LogP contribution in [0, 0.1) is 0 Å². The molecule has 2 aliphatic heterocycles. The van der Waals surface area contributed by atoms with Crippen molar-refractivity contribution in [2.24, 2.45) is 0 Å². The van der Waals surface area contributed by atoms with Gasteiger partial charge in [-0.1, -0.05) is 0 Å². The predicted octanol–water partition coefficient (Wildman–Crippen LogP) is -0.457. The minimum Gasteiger partial charge on any atom is -0.394 e. The van der Waals surface area contributed by atoms with Crippen molar-refractivity contribution < 1.29 is 38.3 Å². The lowest BCUT2D eigenvalue weighted by molar-refractivity contribution is -0.476. The molecule has 0 aliphatic carbocycles. The van der Waals surface area contributed by atoms with Crippen molar-refractivity contribution in [3.8, 4) is 0 Å². The van der Waals surface area contributed by atoms with Crippen LogP contribution in [0.4, 0.5) is 4.39 Å². The van der Waals surface area contributed by atoms with Crippen LogP contribution in [0.5, 0.6) is 0 Å². The molecule has 2 saturated heterocycles. The van der Waals surface area contributed by atoms with E-state index in [1.165, 1.54) is 14.2 Å². The van der Waals surface area contributed by atoms with Gasteiger partial charge in [0.05, 0.1) is 6.61 Å². The van der Waals surface area contributed by atoms with Crippen LogP contribution < -0.4 is 0 Å². The van der Waals surface area contributed by atoms with Gasteiger partial charge >= 0.3 is 0 Å². The van der Waals surface area contributed by atoms with Crippen molar-refractivity contribution in [3.63, 3.8) is 0 Å². The van der Waals surface area contributed by atoms with Gasteiger partial charge in [0, 0.05) is 14.2 Å². The van der Waals surface area contributed by atoms with Crippen molar-refractivity contribution in [1.82, 2.24) is 0 Å². The first kappa shape index (κ1) is 16.0. The van der Waals surface area contributed by atoms with Crippen molar-refractivity contribution in [2.45, 2.75) is 56.2 Å². The third kappa shape index (κ3) is 2.25. The number of aliphatic hydroxyl groups excluding tert-OH is 2. The fraction of sp³-hybridized carbons (Fsp3) is 1.00. The molecule has 2 N–H and O–H groups in total. The maximum atomic E-state index is 13.6. The number of fused-ring (bicyclic) bond motifs is 1. The van der Waals surface area contributed by atoms with E-state index in [9.17, 15) is 14.6 Å². The Morgan fingerprint density at radius 2 is 1.60 bits per heavy atom.